The first-order valence-corrected chi connectivity index (χ1v) is 11.8. The van der Waals surface area contributed by atoms with Crippen LogP contribution in [0.3, 0.4) is 0 Å². The first kappa shape index (κ1) is 25.0. The molecule has 0 aromatic heterocycles. The number of hydrogen-bond acceptors (Lipinski definition) is 5. The van der Waals surface area contributed by atoms with Crippen LogP contribution in [0.2, 0.25) is 5.02 Å². The third-order valence-corrected chi connectivity index (χ3v) is 5.72. The normalized spacial score (nSPS) is 14.7. The summed E-state index contributed by atoms with van der Waals surface area (Å²) in [7, 11) is 0. The first-order chi connectivity index (χ1) is 17.3. The van der Waals surface area contributed by atoms with Crippen molar-refractivity contribution >= 4 is 41.2 Å². The summed E-state index contributed by atoms with van der Waals surface area (Å²) in [5.41, 5.74) is 3.35. The molecule has 1 heterocycles. The van der Waals surface area contributed by atoms with Crippen LogP contribution < -0.4 is 19.7 Å². The Kier molecular flexibility index (Phi) is 7.41. The maximum absolute atomic E-state index is 13.3. The van der Waals surface area contributed by atoms with Gasteiger partial charge in [-0.1, -0.05) is 48.0 Å². The molecule has 1 aliphatic heterocycles. The van der Waals surface area contributed by atoms with Crippen molar-refractivity contribution in [1.29, 1.82) is 0 Å². The lowest BCUT2D eigenvalue weighted by Crippen LogP contribution is -2.54. The minimum Gasteiger partial charge on any atom is -0.490 e. The fraction of sp³-hybridized carbons (Fsp3) is 0.179. The number of ether oxygens (including phenoxy) is 2. The van der Waals surface area contributed by atoms with Crippen LogP contribution in [0.25, 0.3) is 6.08 Å². The second kappa shape index (κ2) is 10.7. The number of nitrogens with zero attached hydrogens (tertiary/aromatic N) is 1. The number of halogens is 1. The zero-order valence-corrected chi connectivity index (χ0v) is 20.9. The molecule has 7 nitrogen and oxygen atoms in total. The zero-order chi connectivity index (χ0) is 25.8. The monoisotopic (exact) mass is 504 g/mol. The molecule has 8 heteroatoms. The van der Waals surface area contributed by atoms with Crippen LogP contribution in [0, 0.1) is 13.8 Å². The minimum absolute atomic E-state index is 0.203. The van der Waals surface area contributed by atoms with Gasteiger partial charge in [0.2, 0.25) is 0 Å². The number of barbiturate groups is 1. The largest absolute Gasteiger partial charge is 0.490 e. The third-order valence-electron chi connectivity index (χ3n) is 5.44. The van der Waals surface area contributed by atoms with Crippen LogP contribution in [0.15, 0.2) is 66.2 Å². The molecular formula is C28H25ClN2O5. The van der Waals surface area contributed by atoms with Crippen molar-refractivity contribution in [3.05, 3.63) is 93.5 Å². The van der Waals surface area contributed by atoms with E-state index in [9.17, 15) is 14.4 Å². The quantitative estimate of drug-likeness (QED) is 0.334. The molecule has 1 fully saturated rings. The van der Waals surface area contributed by atoms with Crippen molar-refractivity contribution in [2.45, 2.75) is 27.4 Å². The van der Waals surface area contributed by atoms with E-state index in [1.807, 2.05) is 57.2 Å². The molecule has 0 atom stereocenters. The second-order valence-electron chi connectivity index (χ2n) is 8.34. The predicted molar refractivity (Wildman–Crippen MR) is 138 cm³/mol. The number of rotatable bonds is 7. The lowest BCUT2D eigenvalue weighted by Gasteiger charge is -2.27. The fourth-order valence-electron chi connectivity index (χ4n) is 3.94. The highest BCUT2D eigenvalue weighted by molar-refractivity contribution is 6.39. The summed E-state index contributed by atoms with van der Waals surface area (Å²) in [5, 5.41) is 2.50. The molecule has 4 rings (SSSR count). The van der Waals surface area contributed by atoms with Crippen molar-refractivity contribution in [1.82, 2.24) is 5.32 Å². The van der Waals surface area contributed by atoms with Gasteiger partial charge in [-0.2, -0.15) is 0 Å². The highest BCUT2D eigenvalue weighted by atomic mass is 35.5. The lowest BCUT2D eigenvalue weighted by molar-refractivity contribution is -0.122. The van der Waals surface area contributed by atoms with Gasteiger partial charge in [0.15, 0.2) is 11.5 Å². The molecule has 4 amide bonds. The van der Waals surface area contributed by atoms with Gasteiger partial charge in [0, 0.05) is 0 Å². The summed E-state index contributed by atoms with van der Waals surface area (Å²) in [5.74, 6) is -0.786. The van der Waals surface area contributed by atoms with Crippen LogP contribution in [0.4, 0.5) is 10.5 Å². The number of hydrogen-bond donors (Lipinski definition) is 1. The number of imide groups is 2. The van der Waals surface area contributed by atoms with Gasteiger partial charge in [0.05, 0.1) is 17.3 Å². The van der Waals surface area contributed by atoms with Crippen molar-refractivity contribution in [2.75, 3.05) is 11.5 Å². The Balaban J connectivity index is 1.68. The summed E-state index contributed by atoms with van der Waals surface area (Å²) in [6, 6.07) is 17.4. The zero-order valence-electron chi connectivity index (χ0n) is 20.1. The summed E-state index contributed by atoms with van der Waals surface area (Å²) in [6.45, 7) is 6.19. The van der Waals surface area contributed by atoms with E-state index in [4.69, 9.17) is 21.1 Å². The molecule has 0 unspecified atom stereocenters. The lowest BCUT2D eigenvalue weighted by atomic mass is 10.0. The average Bonchev–Trinajstić information content (AvgIpc) is 2.81. The number of urea groups is 1. The topological polar surface area (TPSA) is 84.9 Å². The Labute approximate surface area is 214 Å². The molecular weight excluding hydrogens is 480 g/mol. The highest BCUT2D eigenvalue weighted by Crippen LogP contribution is 2.38. The fourth-order valence-corrected chi connectivity index (χ4v) is 4.22. The number of aryl methyl sites for hydroxylation is 2. The number of benzene rings is 3. The molecule has 0 radical (unpaired) electrons. The number of carbonyl (C=O) groups excluding carboxylic acids is 3. The third kappa shape index (κ3) is 5.42. The Morgan fingerprint density at radius 1 is 0.944 bits per heavy atom. The van der Waals surface area contributed by atoms with E-state index >= 15 is 0 Å². The van der Waals surface area contributed by atoms with Crippen LogP contribution >= 0.6 is 11.6 Å². The van der Waals surface area contributed by atoms with Gasteiger partial charge in [-0.25, -0.2) is 9.69 Å². The van der Waals surface area contributed by atoms with Gasteiger partial charge in [-0.15, -0.1) is 0 Å². The van der Waals surface area contributed by atoms with Crippen LogP contribution in [0.5, 0.6) is 11.5 Å². The summed E-state index contributed by atoms with van der Waals surface area (Å²) >= 11 is 6.53. The standard InChI is InChI=1S/C28H25ClN2O5/c1-4-35-24-15-20(14-23(29)25(24)36-16-19-8-6-5-7-9-19)13-22-26(32)30-28(34)31(27(22)33)21-11-17(2)10-18(3)12-21/h5-15H,4,16H2,1-3H3,(H,30,32,34)/b22-13+. The molecule has 0 aliphatic carbocycles. The Bertz CT molecular complexity index is 1350. The molecule has 1 saturated heterocycles. The Hall–Kier alpha value is -4.10. The van der Waals surface area contributed by atoms with E-state index in [-0.39, 0.29) is 17.2 Å². The molecule has 3 aromatic carbocycles. The molecule has 184 valence electrons. The molecule has 0 bridgehead atoms. The maximum Gasteiger partial charge on any atom is 0.335 e. The Morgan fingerprint density at radius 3 is 2.31 bits per heavy atom. The number of carbonyl (C=O) groups is 3. The molecule has 0 spiro atoms. The SMILES string of the molecule is CCOc1cc(/C=C2\C(=O)NC(=O)N(c3cc(C)cc(C)c3)C2=O)cc(Cl)c1OCc1ccccc1. The van der Waals surface area contributed by atoms with Crippen molar-refractivity contribution in [3.63, 3.8) is 0 Å². The first-order valence-electron chi connectivity index (χ1n) is 11.4. The van der Waals surface area contributed by atoms with Gasteiger partial charge < -0.3 is 9.47 Å². The van der Waals surface area contributed by atoms with E-state index in [0.717, 1.165) is 21.6 Å². The van der Waals surface area contributed by atoms with Crippen molar-refractivity contribution in [2.24, 2.45) is 0 Å². The van der Waals surface area contributed by atoms with Gasteiger partial charge in [-0.3, -0.25) is 14.9 Å². The average molecular weight is 505 g/mol. The van der Waals surface area contributed by atoms with E-state index in [0.29, 0.717) is 29.4 Å². The number of nitrogens with one attached hydrogen (secondary N) is 1. The molecule has 1 aliphatic rings. The second-order valence-corrected chi connectivity index (χ2v) is 8.75. The van der Waals surface area contributed by atoms with Gasteiger partial charge in [0.25, 0.3) is 11.8 Å². The van der Waals surface area contributed by atoms with Gasteiger partial charge >= 0.3 is 6.03 Å². The highest BCUT2D eigenvalue weighted by Gasteiger charge is 2.37. The Morgan fingerprint density at radius 2 is 1.64 bits per heavy atom. The van der Waals surface area contributed by atoms with Crippen molar-refractivity contribution < 1.29 is 23.9 Å². The van der Waals surface area contributed by atoms with E-state index in [2.05, 4.69) is 5.32 Å². The van der Waals surface area contributed by atoms with E-state index in [1.54, 1.807) is 24.3 Å². The predicted octanol–water partition coefficient (Wildman–Crippen LogP) is 5.60. The number of anilines is 1. The van der Waals surface area contributed by atoms with Crippen LogP contribution in [-0.2, 0) is 16.2 Å². The molecule has 1 N–H and O–H groups in total. The van der Waals surface area contributed by atoms with Crippen molar-refractivity contribution in [3.8, 4) is 11.5 Å². The number of amides is 4. The summed E-state index contributed by atoms with van der Waals surface area (Å²) < 4.78 is 11.7. The maximum atomic E-state index is 13.3. The minimum atomic E-state index is -0.801. The smallest absolute Gasteiger partial charge is 0.335 e. The molecule has 3 aromatic rings. The summed E-state index contributed by atoms with van der Waals surface area (Å²) in [6.07, 6.45) is 1.38. The van der Waals surface area contributed by atoms with Crippen LogP contribution in [-0.4, -0.2) is 24.5 Å². The van der Waals surface area contributed by atoms with E-state index < -0.39 is 17.8 Å². The molecule has 36 heavy (non-hydrogen) atoms. The molecule has 0 saturated carbocycles. The summed E-state index contributed by atoms with van der Waals surface area (Å²) in [4.78, 5) is 39.4. The van der Waals surface area contributed by atoms with Gasteiger partial charge in [0.1, 0.15) is 12.2 Å². The van der Waals surface area contributed by atoms with Crippen LogP contribution in [0.1, 0.15) is 29.2 Å². The van der Waals surface area contributed by atoms with E-state index in [1.165, 1.54) is 6.08 Å². The van der Waals surface area contributed by atoms with Gasteiger partial charge in [-0.05, 0) is 73.4 Å².